The van der Waals surface area contributed by atoms with Gasteiger partial charge in [0.25, 0.3) is 0 Å². The van der Waals surface area contributed by atoms with Crippen LogP contribution in [0.15, 0.2) is 0 Å². The summed E-state index contributed by atoms with van der Waals surface area (Å²) in [4.78, 5) is 2.52. The van der Waals surface area contributed by atoms with Crippen molar-refractivity contribution < 1.29 is 4.74 Å². The maximum absolute atomic E-state index is 5.34. The molecule has 2 aliphatic rings. The van der Waals surface area contributed by atoms with E-state index in [0.29, 0.717) is 0 Å². The second-order valence-corrected chi connectivity index (χ2v) is 5.11. The lowest BCUT2D eigenvalue weighted by Crippen LogP contribution is -2.38. The Balaban J connectivity index is 1.50. The number of nitrogens with zero attached hydrogens (tertiary/aromatic N) is 1. The minimum absolute atomic E-state index is 0.796. The molecule has 1 saturated heterocycles. The van der Waals surface area contributed by atoms with E-state index < -0.39 is 0 Å². The van der Waals surface area contributed by atoms with Crippen LogP contribution in [0.25, 0.3) is 0 Å². The Hall–Kier alpha value is -0.120. The van der Waals surface area contributed by atoms with Gasteiger partial charge in [0.15, 0.2) is 0 Å². The van der Waals surface area contributed by atoms with Crippen LogP contribution in [0, 0.1) is 5.92 Å². The molecule has 1 unspecified atom stereocenters. The third-order valence-electron chi connectivity index (χ3n) is 3.79. The van der Waals surface area contributed by atoms with E-state index in [4.69, 9.17) is 4.74 Å². The number of morpholine rings is 1. The molecule has 1 aliphatic heterocycles. The standard InChI is InChI=1S/C13H26N2O/c1-2-13(12-4-5-12)14-6-3-7-15-8-10-16-11-9-15/h12-14H,2-11H2,1H3. The smallest absolute Gasteiger partial charge is 0.0594 e. The molecule has 0 spiro atoms. The lowest BCUT2D eigenvalue weighted by atomic mass is 10.1. The zero-order chi connectivity index (χ0) is 11.2. The van der Waals surface area contributed by atoms with E-state index in [1.165, 1.54) is 38.8 Å². The fourth-order valence-corrected chi connectivity index (χ4v) is 2.56. The number of ether oxygens (including phenoxy) is 1. The highest BCUT2D eigenvalue weighted by atomic mass is 16.5. The largest absolute Gasteiger partial charge is 0.379 e. The summed E-state index contributed by atoms with van der Waals surface area (Å²) in [7, 11) is 0. The van der Waals surface area contributed by atoms with Crippen LogP contribution in [0.5, 0.6) is 0 Å². The van der Waals surface area contributed by atoms with E-state index in [1.807, 2.05) is 0 Å². The fourth-order valence-electron chi connectivity index (χ4n) is 2.56. The summed E-state index contributed by atoms with van der Waals surface area (Å²) in [5.74, 6) is 0.994. The zero-order valence-electron chi connectivity index (χ0n) is 10.6. The van der Waals surface area contributed by atoms with Crippen molar-refractivity contribution in [3.8, 4) is 0 Å². The van der Waals surface area contributed by atoms with Crippen LogP contribution in [0.4, 0.5) is 0 Å². The first kappa shape index (κ1) is 12.3. The van der Waals surface area contributed by atoms with Crippen LogP contribution in [0.3, 0.4) is 0 Å². The van der Waals surface area contributed by atoms with Crippen LogP contribution >= 0.6 is 0 Å². The van der Waals surface area contributed by atoms with Gasteiger partial charge in [0.2, 0.25) is 0 Å². The highest BCUT2D eigenvalue weighted by Gasteiger charge is 2.29. The lowest BCUT2D eigenvalue weighted by Gasteiger charge is -2.26. The highest BCUT2D eigenvalue weighted by Crippen LogP contribution is 2.33. The topological polar surface area (TPSA) is 24.5 Å². The molecule has 3 nitrogen and oxygen atoms in total. The van der Waals surface area contributed by atoms with Gasteiger partial charge in [-0.25, -0.2) is 0 Å². The number of hydrogen-bond acceptors (Lipinski definition) is 3. The Kier molecular flexibility index (Phi) is 5.07. The van der Waals surface area contributed by atoms with Gasteiger partial charge in [0, 0.05) is 19.1 Å². The molecule has 1 heterocycles. The molecule has 1 saturated carbocycles. The third-order valence-corrected chi connectivity index (χ3v) is 3.79. The van der Waals surface area contributed by atoms with E-state index in [-0.39, 0.29) is 0 Å². The average Bonchev–Trinajstić information content (AvgIpc) is 3.15. The number of rotatable bonds is 7. The van der Waals surface area contributed by atoms with Crippen LogP contribution < -0.4 is 5.32 Å². The summed E-state index contributed by atoms with van der Waals surface area (Å²) >= 11 is 0. The Morgan fingerprint density at radius 1 is 1.31 bits per heavy atom. The summed E-state index contributed by atoms with van der Waals surface area (Å²) in [5, 5.41) is 3.71. The Bertz CT molecular complexity index is 188. The summed E-state index contributed by atoms with van der Waals surface area (Å²) in [6.07, 6.45) is 5.48. The summed E-state index contributed by atoms with van der Waals surface area (Å²) in [6.45, 7) is 8.82. The molecule has 1 aliphatic carbocycles. The van der Waals surface area contributed by atoms with Gasteiger partial charge in [-0.2, -0.15) is 0 Å². The molecule has 0 amide bonds. The lowest BCUT2D eigenvalue weighted by molar-refractivity contribution is 0.0373. The summed E-state index contributed by atoms with van der Waals surface area (Å²) in [5.41, 5.74) is 0. The predicted octanol–water partition coefficient (Wildman–Crippen LogP) is 1.49. The van der Waals surface area contributed by atoms with Gasteiger partial charge < -0.3 is 10.1 Å². The molecule has 0 bridgehead atoms. The van der Waals surface area contributed by atoms with Crippen molar-refractivity contribution in [2.75, 3.05) is 39.4 Å². The maximum atomic E-state index is 5.34. The predicted molar refractivity (Wildman–Crippen MR) is 66.7 cm³/mol. The molecule has 16 heavy (non-hydrogen) atoms. The second-order valence-electron chi connectivity index (χ2n) is 5.11. The molecule has 1 atom stereocenters. The average molecular weight is 226 g/mol. The van der Waals surface area contributed by atoms with Gasteiger partial charge in [-0.05, 0) is 44.7 Å². The molecule has 94 valence electrons. The van der Waals surface area contributed by atoms with Crippen molar-refractivity contribution in [1.29, 1.82) is 0 Å². The Labute approximate surface area is 99.5 Å². The van der Waals surface area contributed by atoms with Gasteiger partial charge in [0.1, 0.15) is 0 Å². The molecule has 0 aromatic heterocycles. The van der Waals surface area contributed by atoms with Crippen LogP contribution in [0.2, 0.25) is 0 Å². The molecule has 0 aromatic rings. The molecule has 2 rings (SSSR count). The van der Waals surface area contributed by atoms with Gasteiger partial charge in [0.05, 0.1) is 13.2 Å². The van der Waals surface area contributed by atoms with Crippen molar-refractivity contribution in [3.63, 3.8) is 0 Å². The monoisotopic (exact) mass is 226 g/mol. The van der Waals surface area contributed by atoms with Crippen molar-refractivity contribution in [2.45, 2.75) is 38.6 Å². The van der Waals surface area contributed by atoms with E-state index in [9.17, 15) is 0 Å². The van der Waals surface area contributed by atoms with Gasteiger partial charge in [-0.1, -0.05) is 6.92 Å². The van der Waals surface area contributed by atoms with Crippen molar-refractivity contribution in [2.24, 2.45) is 5.92 Å². The number of hydrogen-bond donors (Lipinski definition) is 1. The molecule has 1 N–H and O–H groups in total. The molecule has 0 radical (unpaired) electrons. The van der Waals surface area contributed by atoms with E-state index in [1.54, 1.807) is 0 Å². The second kappa shape index (κ2) is 6.58. The summed E-state index contributed by atoms with van der Waals surface area (Å²) in [6, 6.07) is 0.796. The first-order valence-corrected chi connectivity index (χ1v) is 6.93. The Morgan fingerprint density at radius 3 is 2.69 bits per heavy atom. The van der Waals surface area contributed by atoms with Gasteiger partial charge in [-0.3, -0.25) is 4.90 Å². The molecule has 3 heteroatoms. The molecule has 0 aromatic carbocycles. The van der Waals surface area contributed by atoms with Crippen molar-refractivity contribution >= 4 is 0 Å². The fraction of sp³-hybridized carbons (Fsp3) is 1.00. The van der Waals surface area contributed by atoms with Crippen molar-refractivity contribution in [3.05, 3.63) is 0 Å². The zero-order valence-corrected chi connectivity index (χ0v) is 10.6. The minimum atomic E-state index is 0.796. The van der Waals surface area contributed by atoms with Crippen LogP contribution in [-0.4, -0.2) is 50.3 Å². The maximum Gasteiger partial charge on any atom is 0.0594 e. The quantitative estimate of drug-likeness (QED) is 0.666. The van der Waals surface area contributed by atoms with E-state index >= 15 is 0 Å². The summed E-state index contributed by atoms with van der Waals surface area (Å²) < 4.78 is 5.34. The molecule has 2 fully saturated rings. The molecular formula is C13H26N2O. The van der Waals surface area contributed by atoms with E-state index in [0.717, 1.165) is 38.3 Å². The van der Waals surface area contributed by atoms with Gasteiger partial charge in [-0.15, -0.1) is 0 Å². The highest BCUT2D eigenvalue weighted by molar-refractivity contribution is 4.85. The normalized spacial score (nSPS) is 24.6. The van der Waals surface area contributed by atoms with Crippen molar-refractivity contribution in [1.82, 2.24) is 10.2 Å². The molecular weight excluding hydrogens is 200 g/mol. The van der Waals surface area contributed by atoms with Gasteiger partial charge >= 0.3 is 0 Å². The van der Waals surface area contributed by atoms with Crippen LogP contribution in [-0.2, 0) is 4.74 Å². The van der Waals surface area contributed by atoms with E-state index in [2.05, 4.69) is 17.1 Å². The van der Waals surface area contributed by atoms with Crippen LogP contribution in [0.1, 0.15) is 32.6 Å². The minimum Gasteiger partial charge on any atom is -0.379 e. The number of nitrogens with one attached hydrogen (secondary N) is 1. The Morgan fingerprint density at radius 2 is 2.06 bits per heavy atom. The first-order chi connectivity index (χ1) is 7.90. The first-order valence-electron chi connectivity index (χ1n) is 6.93. The SMILES string of the molecule is CCC(NCCCN1CCOCC1)C1CC1. The third kappa shape index (κ3) is 4.04.